The van der Waals surface area contributed by atoms with Crippen LogP contribution < -0.4 is 10.6 Å². The molecule has 1 aromatic heterocycles. The third-order valence-corrected chi connectivity index (χ3v) is 2.70. The summed E-state index contributed by atoms with van der Waals surface area (Å²) in [5.41, 5.74) is 0. The number of hydrogen-bond donors (Lipinski definition) is 2. The predicted octanol–water partition coefficient (Wildman–Crippen LogP) is -0.138. The molecule has 0 radical (unpaired) electrons. The Kier molecular flexibility index (Phi) is 5.62. The molecule has 0 saturated carbocycles. The Bertz CT molecular complexity index is 349. The average molecular weight is 239 g/mol. The van der Waals surface area contributed by atoms with Crippen molar-refractivity contribution in [3.63, 3.8) is 0 Å². The van der Waals surface area contributed by atoms with Crippen LogP contribution in [0.15, 0.2) is 6.33 Å². The molecule has 1 unspecified atom stereocenters. The first-order valence-corrected chi connectivity index (χ1v) is 5.96. The maximum Gasteiger partial charge on any atom is 0.233 e. The van der Waals surface area contributed by atoms with Crippen LogP contribution >= 0.6 is 0 Å². The van der Waals surface area contributed by atoms with E-state index in [0.717, 1.165) is 12.2 Å². The van der Waals surface area contributed by atoms with Gasteiger partial charge in [-0.2, -0.15) is 0 Å². The van der Waals surface area contributed by atoms with E-state index in [0.29, 0.717) is 25.6 Å². The van der Waals surface area contributed by atoms with Crippen molar-refractivity contribution in [1.82, 2.24) is 25.4 Å². The van der Waals surface area contributed by atoms with Crippen molar-refractivity contribution < 1.29 is 4.79 Å². The van der Waals surface area contributed by atoms with E-state index in [-0.39, 0.29) is 5.91 Å². The van der Waals surface area contributed by atoms with Crippen molar-refractivity contribution in [2.45, 2.75) is 32.7 Å². The lowest BCUT2D eigenvalue weighted by Gasteiger charge is -2.11. The highest BCUT2D eigenvalue weighted by atomic mass is 16.1. The van der Waals surface area contributed by atoms with Gasteiger partial charge in [-0.05, 0) is 13.3 Å². The van der Waals surface area contributed by atoms with Crippen molar-refractivity contribution in [1.29, 1.82) is 0 Å². The molecule has 1 amide bonds. The van der Waals surface area contributed by atoms with Crippen LogP contribution in [0.3, 0.4) is 0 Å². The van der Waals surface area contributed by atoms with Crippen molar-refractivity contribution in [2.75, 3.05) is 13.1 Å². The van der Waals surface area contributed by atoms with Crippen LogP contribution in [0.1, 0.15) is 26.1 Å². The summed E-state index contributed by atoms with van der Waals surface area (Å²) in [6.07, 6.45) is 3.37. The fourth-order valence-corrected chi connectivity index (χ4v) is 1.32. The highest BCUT2D eigenvalue weighted by molar-refractivity contribution is 5.77. The Balaban J connectivity index is 2.14. The van der Waals surface area contributed by atoms with Gasteiger partial charge in [0.1, 0.15) is 12.2 Å². The van der Waals surface area contributed by atoms with Gasteiger partial charge in [0.05, 0.1) is 6.54 Å². The molecule has 1 atom stereocenters. The fraction of sp³-hybridized carbons (Fsp3) is 0.727. The Hall–Kier alpha value is -1.43. The minimum absolute atomic E-state index is 0.0208. The molecule has 0 saturated heterocycles. The topological polar surface area (TPSA) is 71.8 Å². The smallest absolute Gasteiger partial charge is 0.233 e. The molecule has 17 heavy (non-hydrogen) atoms. The van der Waals surface area contributed by atoms with Gasteiger partial charge in [0.2, 0.25) is 5.91 Å². The van der Waals surface area contributed by atoms with Crippen molar-refractivity contribution in [3.05, 3.63) is 12.2 Å². The van der Waals surface area contributed by atoms with Crippen molar-refractivity contribution in [3.8, 4) is 0 Å². The van der Waals surface area contributed by atoms with Crippen molar-refractivity contribution in [2.24, 2.45) is 7.05 Å². The lowest BCUT2D eigenvalue weighted by Crippen LogP contribution is -2.38. The van der Waals surface area contributed by atoms with Gasteiger partial charge in [0.15, 0.2) is 0 Å². The molecule has 6 nitrogen and oxygen atoms in total. The van der Waals surface area contributed by atoms with Crippen LogP contribution in [0.2, 0.25) is 0 Å². The zero-order valence-electron chi connectivity index (χ0n) is 10.7. The molecule has 6 heteroatoms. The van der Waals surface area contributed by atoms with Crippen LogP contribution in [0.4, 0.5) is 0 Å². The molecule has 0 bridgehead atoms. The molecule has 1 aromatic rings. The van der Waals surface area contributed by atoms with Crippen LogP contribution in [-0.2, 0) is 18.3 Å². The number of aryl methyl sites for hydroxylation is 1. The summed E-state index contributed by atoms with van der Waals surface area (Å²) in [6.45, 7) is 5.11. The molecule has 0 spiro atoms. The van der Waals surface area contributed by atoms with Gasteiger partial charge in [0.25, 0.3) is 0 Å². The second-order valence-electron chi connectivity index (χ2n) is 4.15. The second-order valence-corrected chi connectivity index (χ2v) is 4.15. The summed E-state index contributed by atoms with van der Waals surface area (Å²) in [4.78, 5) is 11.5. The summed E-state index contributed by atoms with van der Waals surface area (Å²) in [6, 6.07) is 0.375. The Morgan fingerprint density at radius 1 is 1.59 bits per heavy atom. The Morgan fingerprint density at radius 3 is 2.94 bits per heavy atom. The summed E-state index contributed by atoms with van der Waals surface area (Å²) in [7, 11) is 1.89. The molecule has 1 rings (SSSR count). The maximum atomic E-state index is 11.5. The Morgan fingerprint density at radius 2 is 2.35 bits per heavy atom. The minimum atomic E-state index is 0.0208. The van der Waals surface area contributed by atoms with Gasteiger partial charge in [-0.1, -0.05) is 6.92 Å². The van der Waals surface area contributed by atoms with Gasteiger partial charge in [-0.25, -0.2) is 0 Å². The summed E-state index contributed by atoms with van der Waals surface area (Å²) < 4.78 is 1.85. The van der Waals surface area contributed by atoms with Crippen molar-refractivity contribution >= 4 is 5.91 Å². The number of carbonyl (C=O) groups excluding carboxylic acids is 1. The fourth-order valence-electron chi connectivity index (χ4n) is 1.32. The first-order valence-electron chi connectivity index (χ1n) is 5.96. The zero-order valence-corrected chi connectivity index (χ0v) is 10.7. The van der Waals surface area contributed by atoms with Gasteiger partial charge in [-0.3, -0.25) is 4.79 Å². The van der Waals surface area contributed by atoms with E-state index in [2.05, 4.69) is 34.7 Å². The van der Waals surface area contributed by atoms with E-state index >= 15 is 0 Å². The number of nitrogens with one attached hydrogen (secondary N) is 2. The lowest BCUT2D eigenvalue weighted by atomic mass is 10.2. The molecule has 0 aliphatic rings. The standard InChI is InChI=1S/C11H21N5O/c1-4-9(2)13-7-11(17)12-6-5-10-15-14-8-16(10)3/h8-9,13H,4-7H2,1-3H3,(H,12,17). The maximum absolute atomic E-state index is 11.5. The number of carbonyl (C=O) groups is 1. The van der Waals surface area contributed by atoms with E-state index in [4.69, 9.17) is 0 Å². The molecule has 2 N–H and O–H groups in total. The normalized spacial score (nSPS) is 12.4. The molecule has 0 aliphatic heterocycles. The second kappa shape index (κ2) is 7.01. The highest BCUT2D eigenvalue weighted by Crippen LogP contribution is 1.91. The monoisotopic (exact) mass is 239 g/mol. The zero-order chi connectivity index (χ0) is 12.7. The largest absolute Gasteiger partial charge is 0.355 e. The summed E-state index contributed by atoms with van der Waals surface area (Å²) >= 11 is 0. The predicted molar refractivity (Wildman–Crippen MR) is 65.5 cm³/mol. The van der Waals surface area contributed by atoms with E-state index < -0.39 is 0 Å². The number of aromatic nitrogens is 3. The number of rotatable bonds is 7. The van der Waals surface area contributed by atoms with Crippen LogP contribution in [0.25, 0.3) is 0 Å². The average Bonchev–Trinajstić information content (AvgIpc) is 2.72. The van der Waals surface area contributed by atoms with Gasteiger partial charge in [-0.15, -0.1) is 10.2 Å². The van der Waals surface area contributed by atoms with E-state index in [9.17, 15) is 4.79 Å². The Labute approximate surface area is 102 Å². The molecule has 0 aromatic carbocycles. The van der Waals surface area contributed by atoms with E-state index in [1.165, 1.54) is 0 Å². The molecule has 0 fully saturated rings. The minimum Gasteiger partial charge on any atom is -0.355 e. The first kappa shape index (κ1) is 13.6. The number of nitrogens with zero attached hydrogens (tertiary/aromatic N) is 3. The van der Waals surface area contributed by atoms with Gasteiger partial charge < -0.3 is 15.2 Å². The third-order valence-electron chi connectivity index (χ3n) is 2.70. The molecular formula is C11H21N5O. The first-order chi connectivity index (χ1) is 8.13. The number of amides is 1. The molecule has 0 aliphatic carbocycles. The molecule has 96 valence electrons. The SMILES string of the molecule is CCC(C)NCC(=O)NCCc1nncn1C. The molecule has 1 heterocycles. The van der Waals surface area contributed by atoms with Crippen LogP contribution in [0, 0.1) is 0 Å². The van der Waals surface area contributed by atoms with Crippen LogP contribution in [0.5, 0.6) is 0 Å². The summed E-state index contributed by atoms with van der Waals surface area (Å²) in [5, 5.41) is 13.7. The van der Waals surface area contributed by atoms with Crippen LogP contribution in [-0.4, -0.2) is 39.8 Å². The van der Waals surface area contributed by atoms with Gasteiger partial charge in [0, 0.05) is 26.1 Å². The van der Waals surface area contributed by atoms with E-state index in [1.807, 2.05) is 11.6 Å². The highest BCUT2D eigenvalue weighted by Gasteiger charge is 2.04. The quantitative estimate of drug-likeness (QED) is 0.695. The summed E-state index contributed by atoms with van der Waals surface area (Å²) in [5.74, 6) is 0.896. The third kappa shape index (κ3) is 4.95. The number of hydrogen-bond acceptors (Lipinski definition) is 4. The van der Waals surface area contributed by atoms with E-state index in [1.54, 1.807) is 6.33 Å². The molecular weight excluding hydrogens is 218 g/mol. The lowest BCUT2D eigenvalue weighted by molar-refractivity contribution is -0.120. The van der Waals surface area contributed by atoms with Gasteiger partial charge >= 0.3 is 0 Å².